The second kappa shape index (κ2) is 6.60. The first-order valence-corrected chi connectivity index (χ1v) is 7.75. The van der Waals surface area contributed by atoms with E-state index < -0.39 is 11.9 Å². The van der Waals surface area contributed by atoms with Crippen molar-refractivity contribution in [1.82, 2.24) is 24.9 Å². The van der Waals surface area contributed by atoms with Crippen LogP contribution < -0.4 is 4.74 Å². The fraction of sp³-hybridized carbons (Fsp3) is 0.0556. The molecule has 0 atom stereocenters. The molecule has 9 heteroatoms. The fourth-order valence-corrected chi connectivity index (χ4v) is 2.36. The highest BCUT2D eigenvalue weighted by Gasteiger charge is 2.34. The molecule has 0 amide bonds. The van der Waals surface area contributed by atoms with Gasteiger partial charge in [-0.05, 0) is 24.3 Å². The Labute approximate surface area is 150 Å². The number of benzene rings is 1. The molecule has 0 bridgehead atoms. The largest absolute Gasteiger partial charge is 0.439 e. The Kier molecular flexibility index (Phi) is 4.11. The molecule has 0 saturated carbocycles. The molecule has 0 N–H and O–H groups in total. The van der Waals surface area contributed by atoms with Crippen molar-refractivity contribution in [2.75, 3.05) is 0 Å². The van der Waals surface area contributed by atoms with Crippen molar-refractivity contribution in [3.63, 3.8) is 0 Å². The Morgan fingerprint density at radius 1 is 0.778 bits per heavy atom. The lowest BCUT2D eigenvalue weighted by Gasteiger charge is -2.11. The molecular formula is C18H10F3N5O. The SMILES string of the molecule is FC(F)(F)c1cc(Oc2ccc3nccnc3c2)nc(-c2ccccn2)n1. The Morgan fingerprint density at radius 2 is 1.59 bits per heavy atom. The van der Waals surface area contributed by atoms with Crippen LogP contribution in [0, 0.1) is 0 Å². The van der Waals surface area contributed by atoms with Crippen molar-refractivity contribution in [3.8, 4) is 23.1 Å². The van der Waals surface area contributed by atoms with Gasteiger partial charge in [-0.25, -0.2) is 4.98 Å². The van der Waals surface area contributed by atoms with Crippen molar-refractivity contribution >= 4 is 11.0 Å². The smallest absolute Gasteiger partial charge is 0.433 e. The van der Waals surface area contributed by atoms with Crippen LogP contribution in [-0.4, -0.2) is 24.9 Å². The molecule has 3 heterocycles. The van der Waals surface area contributed by atoms with Crippen LogP contribution >= 0.6 is 0 Å². The van der Waals surface area contributed by atoms with E-state index in [-0.39, 0.29) is 23.1 Å². The third kappa shape index (κ3) is 3.66. The van der Waals surface area contributed by atoms with Gasteiger partial charge >= 0.3 is 6.18 Å². The first-order chi connectivity index (χ1) is 13.0. The highest BCUT2D eigenvalue weighted by Crippen LogP contribution is 2.32. The normalized spacial score (nSPS) is 11.5. The van der Waals surface area contributed by atoms with Crippen molar-refractivity contribution < 1.29 is 17.9 Å². The maximum absolute atomic E-state index is 13.2. The molecule has 3 aromatic heterocycles. The van der Waals surface area contributed by atoms with Gasteiger partial charge in [0.05, 0.1) is 11.0 Å². The zero-order chi connectivity index (χ0) is 18.9. The zero-order valence-electron chi connectivity index (χ0n) is 13.6. The van der Waals surface area contributed by atoms with Crippen LogP contribution in [0.2, 0.25) is 0 Å². The van der Waals surface area contributed by atoms with E-state index in [0.717, 1.165) is 6.07 Å². The predicted molar refractivity (Wildman–Crippen MR) is 89.9 cm³/mol. The summed E-state index contributed by atoms with van der Waals surface area (Å²) in [5, 5.41) is 0. The molecule has 0 aliphatic heterocycles. The molecule has 4 rings (SSSR count). The van der Waals surface area contributed by atoms with Gasteiger partial charge in [-0.3, -0.25) is 15.0 Å². The number of alkyl halides is 3. The molecule has 0 saturated heterocycles. The number of ether oxygens (including phenoxy) is 1. The summed E-state index contributed by atoms with van der Waals surface area (Å²) in [5.41, 5.74) is 0.273. The summed E-state index contributed by atoms with van der Waals surface area (Å²) in [6, 6.07) is 10.3. The molecule has 134 valence electrons. The summed E-state index contributed by atoms with van der Waals surface area (Å²) >= 11 is 0. The standard InChI is InChI=1S/C18H10F3N5O/c19-18(20,21)15-10-16(26-17(25-15)13-3-1-2-6-22-13)27-11-4-5-12-14(9-11)24-8-7-23-12/h1-10H. The summed E-state index contributed by atoms with van der Waals surface area (Å²) < 4.78 is 45.2. The zero-order valence-corrected chi connectivity index (χ0v) is 13.6. The monoisotopic (exact) mass is 369 g/mol. The van der Waals surface area contributed by atoms with Crippen molar-refractivity contribution in [3.05, 3.63) is 66.7 Å². The highest BCUT2D eigenvalue weighted by atomic mass is 19.4. The summed E-state index contributed by atoms with van der Waals surface area (Å²) in [6.45, 7) is 0. The summed E-state index contributed by atoms with van der Waals surface area (Å²) in [7, 11) is 0. The molecule has 27 heavy (non-hydrogen) atoms. The maximum atomic E-state index is 13.2. The van der Waals surface area contributed by atoms with Gasteiger partial charge in [0, 0.05) is 30.7 Å². The van der Waals surface area contributed by atoms with E-state index in [0.29, 0.717) is 11.0 Å². The summed E-state index contributed by atoms with van der Waals surface area (Å²) in [6.07, 6.45) is -0.152. The first kappa shape index (κ1) is 16.8. The minimum atomic E-state index is -4.65. The van der Waals surface area contributed by atoms with E-state index in [1.165, 1.54) is 18.5 Å². The lowest BCUT2D eigenvalue weighted by Crippen LogP contribution is -2.10. The van der Waals surface area contributed by atoms with Crippen LogP contribution in [0.25, 0.3) is 22.6 Å². The lowest BCUT2D eigenvalue weighted by molar-refractivity contribution is -0.141. The van der Waals surface area contributed by atoms with Gasteiger partial charge in [-0.15, -0.1) is 0 Å². The highest BCUT2D eigenvalue weighted by molar-refractivity contribution is 5.75. The van der Waals surface area contributed by atoms with E-state index in [1.807, 2.05) is 0 Å². The Balaban J connectivity index is 1.76. The topological polar surface area (TPSA) is 73.7 Å². The lowest BCUT2D eigenvalue weighted by atomic mass is 10.3. The number of rotatable bonds is 3. The van der Waals surface area contributed by atoms with E-state index in [4.69, 9.17) is 4.74 Å². The fourth-order valence-electron chi connectivity index (χ4n) is 2.36. The molecule has 6 nitrogen and oxygen atoms in total. The summed E-state index contributed by atoms with van der Waals surface area (Å²) in [5.74, 6) is -0.149. The van der Waals surface area contributed by atoms with E-state index >= 15 is 0 Å². The van der Waals surface area contributed by atoms with E-state index in [9.17, 15) is 13.2 Å². The number of halogens is 3. The van der Waals surface area contributed by atoms with Gasteiger partial charge in [-0.2, -0.15) is 18.2 Å². The molecule has 0 spiro atoms. The van der Waals surface area contributed by atoms with Crippen LogP contribution in [0.1, 0.15) is 5.69 Å². The number of pyridine rings is 1. The van der Waals surface area contributed by atoms with Gasteiger partial charge in [0.15, 0.2) is 11.5 Å². The maximum Gasteiger partial charge on any atom is 0.433 e. The predicted octanol–water partition coefficient (Wildman–Crippen LogP) is 4.29. The number of hydrogen-bond acceptors (Lipinski definition) is 6. The molecule has 1 aromatic carbocycles. The van der Waals surface area contributed by atoms with Gasteiger partial charge in [-0.1, -0.05) is 6.07 Å². The minimum Gasteiger partial charge on any atom is -0.439 e. The number of nitrogens with zero attached hydrogens (tertiary/aromatic N) is 5. The first-order valence-electron chi connectivity index (χ1n) is 7.75. The van der Waals surface area contributed by atoms with Gasteiger partial charge in [0.25, 0.3) is 0 Å². The third-order valence-electron chi connectivity index (χ3n) is 3.55. The summed E-state index contributed by atoms with van der Waals surface area (Å²) in [4.78, 5) is 19.9. The molecule has 0 aliphatic rings. The van der Waals surface area contributed by atoms with Crippen LogP contribution in [0.3, 0.4) is 0 Å². The molecular weight excluding hydrogens is 359 g/mol. The van der Waals surface area contributed by atoms with E-state index in [1.54, 1.807) is 36.5 Å². The second-order valence-corrected chi connectivity index (χ2v) is 5.44. The molecule has 0 aliphatic carbocycles. The van der Waals surface area contributed by atoms with Crippen LogP contribution in [0.4, 0.5) is 13.2 Å². The number of fused-ring (bicyclic) bond motifs is 1. The molecule has 0 unspecified atom stereocenters. The van der Waals surface area contributed by atoms with Crippen molar-refractivity contribution in [2.24, 2.45) is 0 Å². The molecule has 0 radical (unpaired) electrons. The van der Waals surface area contributed by atoms with Crippen molar-refractivity contribution in [1.29, 1.82) is 0 Å². The van der Waals surface area contributed by atoms with Gasteiger partial charge in [0.2, 0.25) is 5.88 Å². The average molecular weight is 369 g/mol. The van der Waals surface area contributed by atoms with Gasteiger partial charge < -0.3 is 4.74 Å². The van der Waals surface area contributed by atoms with Crippen molar-refractivity contribution in [2.45, 2.75) is 6.18 Å². The van der Waals surface area contributed by atoms with Crippen LogP contribution in [0.15, 0.2) is 61.1 Å². The average Bonchev–Trinajstić information content (AvgIpc) is 2.68. The minimum absolute atomic E-state index is 0.180. The quantitative estimate of drug-likeness (QED) is 0.536. The van der Waals surface area contributed by atoms with Gasteiger partial charge in [0.1, 0.15) is 11.4 Å². The Bertz CT molecular complexity index is 1100. The Hall–Kier alpha value is -3.62. The van der Waals surface area contributed by atoms with Crippen LogP contribution in [-0.2, 0) is 6.18 Å². The van der Waals surface area contributed by atoms with Crippen LogP contribution in [0.5, 0.6) is 11.6 Å². The molecule has 0 fully saturated rings. The number of hydrogen-bond donors (Lipinski definition) is 0. The second-order valence-electron chi connectivity index (χ2n) is 5.44. The van der Waals surface area contributed by atoms with E-state index in [2.05, 4.69) is 24.9 Å². The number of aromatic nitrogens is 5. The molecule has 4 aromatic rings. The third-order valence-corrected chi connectivity index (χ3v) is 3.55. The Morgan fingerprint density at radius 3 is 2.33 bits per heavy atom.